The molecule has 0 aromatic carbocycles. The molecular formula is C8H4BrF3N2O. The van der Waals surface area contributed by atoms with Crippen LogP contribution in [0.2, 0.25) is 0 Å². The van der Waals surface area contributed by atoms with Crippen molar-refractivity contribution in [3.63, 3.8) is 0 Å². The Bertz CT molecular complexity index is 425. The topological polar surface area (TPSA) is 45.9 Å². The van der Waals surface area contributed by atoms with Crippen LogP contribution in [-0.4, -0.2) is 11.3 Å². The van der Waals surface area contributed by atoms with Gasteiger partial charge in [0.1, 0.15) is 11.8 Å². The summed E-state index contributed by atoms with van der Waals surface area (Å²) < 4.78 is 39.8. The predicted molar refractivity (Wildman–Crippen MR) is 48.1 cm³/mol. The van der Waals surface area contributed by atoms with Gasteiger partial charge < -0.3 is 4.74 Å². The summed E-state index contributed by atoms with van der Waals surface area (Å²) in [5.74, 6) is -0.617. The van der Waals surface area contributed by atoms with Gasteiger partial charge in [-0.3, -0.25) is 0 Å². The molecule has 1 rings (SSSR count). The molecule has 0 spiro atoms. The van der Waals surface area contributed by atoms with Crippen LogP contribution in [0.4, 0.5) is 13.2 Å². The van der Waals surface area contributed by atoms with Crippen molar-refractivity contribution in [2.75, 3.05) is 0 Å². The number of ether oxygens (including phenoxy) is 1. The second kappa shape index (κ2) is 4.06. The van der Waals surface area contributed by atoms with E-state index < -0.39 is 12.2 Å². The minimum absolute atomic E-state index is 0.147. The summed E-state index contributed by atoms with van der Waals surface area (Å²) in [4.78, 5) is 3.40. The molecule has 7 heteroatoms. The third-order valence-electron chi connectivity index (χ3n) is 1.49. The highest BCUT2D eigenvalue weighted by Crippen LogP contribution is 2.29. The molecule has 15 heavy (non-hydrogen) atoms. The number of alkyl halides is 3. The molecule has 0 saturated heterocycles. The minimum Gasteiger partial charge on any atom is -0.388 e. The summed E-state index contributed by atoms with van der Waals surface area (Å²) in [6.45, 7) is 1.40. The number of nitrogens with zero attached hydrogens (tertiary/aromatic N) is 2. The Morgan fingerprint density at radius 2 is 2.13 bits per heavy atom. The van der Waals surface area contributed by atoms with E-state index in [1.807, 2.05) is 0 Å². The fourth-order valence-electron chi connectivity index (χ4n) is 0.822. The minimum atomic E-state index is -4.81. The molecule has 1 heterocycles. The lowest BCUT2D eigenvalue weighted by Crippen LogP contribution is -2.19. The quantitative estimate of drug-likeness (QED) is 0.795. The first kappa shape index (κ1) is 11.8. The maximum Gasteiger partial charge on any atom is 0.574 e. The number of halogens is 4. The lowest BCUT2D eigenvalue weighted by molar-refractivity contribution is -0.276. The van der Waals surface area contributed by atoms with E-state index in [0.29, 0.717) is 4.47 Å². The van der Waals surface area contributed by atoms with Crippen LogP contribution < -0.4 is 4.74 Å². The second-order valence-electron chi connectivity index (χ2n) is 2.58. The summed E-state index contributed by atoms with van der Waals surface area (Å²) in [6, 6.07) is 2.95. The van der Waals surface area contributed by atoms with E-state index in [1.54, 1.807) is 6.07 Å². The number of hydrogen-bond donors (Lipinski definition) is 0. The van der Waals surface area contributed by atoms with E-state index in [1.165, 1.54) is 13.0 Å². The molecule has 1 aromatic heterocycles. The Morgan fingerprint density at radius 3 is 2.60 bits per heavy atom. The van der Waals surface area contributed by atoms with Crippen LogP contribution in [0.3, 0.4) is 0 Å². The monoisotopic (exact) mass is 280 g/mol. The predicted octanol–water partition coefficient (Wildman–Crippen LogP) is 2.92. The van der Waals surface area contributed by atoms with Gasteiger partial charge in [-0.25, -0.2) is 4.98 Å². The summed E-state index contributed by atoms with van der Waals surface area (Å²) in [6.07, 6.45) is -4.81. The number of hydrogen-bond acceptors (Lipinski definition) is 3. The second-order valence-corrected chi connectivity index (χ2v) is 3.43. The average Bonchev–Trinajstić information content (AvgIpc) is 2.10. The van der Waals surface area contributed by atoms with Crippen molar-refractivity contribution in [2.45, 2.75) is 13.3 Å². The lowest BCUT2D eigenvalue weighted by atomic mass is 10.3. The normalized spacial score (nSPS) is 10.9. The fraction of sp³-hybridized carbons (Fsp3) is 0.250. The first-order valence-electron chi connectivity index (χ1n) is 3.66. The highest BCUT2D eigenvalue weighted by Gasteiger charge is 2.33. The molecule has 0 N–H and O–H groups in total. The fourth-order valence-corrected chi connectivity index (χ4v) is 1.21. The van der Waals surface area contributed by atoms with Crippen LogP contribution in [0, 0.1) is 18.3 Å². The van der Waals surface area contributed by atoms with E-state index in [-0.39, 0.29) is 11.3 Å². The maximum atomic E-state index is 11.9. The lowest BCUT2D eigenvalue weighted by Gasteiger charge is -2.11. The molecule has 0 bridgehead atoms. The molecule has 0 aliphatic heterocycles. The molecule has 0 unspecified atom stereocenters. The SMILES string of the molecule is Cc1c(Br)cc(C#N)nc1OC(F)(F)F. The molecule has 0 fully saturated rings. The largest absolute Gasteiger partial charge is 0.574 e. The third-order valence-corrected chi connectivity index (χ3v) is 2.32. The molecule has 0 aliphatic carbocycles. The zero-order valence-electron chi connectivity index (χ0n) is 7.39. The van der Waals surface area contributed by atoms with Crippen LogP contribution in [0.5, 0.6) is 5.88 Å². The van der Waals surface area contributed by atoms with E-state index in [9.17, 15) is 13.2 Å². The van der Waals surface area contributed by atoms with Gasteiger partial charge in [0.2, 0.25) is 5.88 Å². The van der Waals surface area contributed by atoms with Gasteiger partial charge in [0.05, 0.1) is 0 Å². The summed E-state index contributed by atoms with van der Waals surface area (Å²) >= 11 is 3.01. The van der Waals surface area contributed by atoms with Crippen LogP contribution in [0.1, 0.15) is 11.3 Å². The van der Waals surface area contributed by atoms with Crippen molar-refractivity contribution < 1.29 is 17.9 Å². The van der Waals surface area contributed by atoms with Crippen molar-refractivity contribution >= 4 is 15.9 Å². The van der Waals surface area contributed by atoms with Gasteiger partial charge in [-0.2, -0.15) is 5.26 Å². The highest BCUT2D eigenvalue weighted by molar-refractivity contribution is 9.10. The van der Waals surface area contributed by atoms with Gasteiger partial charge in [0.25, 0.3) is 0 Å². The van der Waals surface area contributed by atoms with Crippen molar-refractivity contribution in [1.82, 2.24) is 4.98 Å². The van der Waals surface area contributed by atoms with E-state index in [0.717, 1.165) is 0 Å². The van der Waals surface area contributed by atoms with Gasteiger partial charge >= 0.3 is 6.36 Å². The van der Waals surface area contributed by atoms with Gasteiger partial charge in [-0.1, -0.05) is 15.9 Å². The van der Waals surface area contributed by atoms with Crippen molar-refractivity contribution in [3.8, 4) is 11.9 Å². The maximum absolute atomic E-state index is 11.9. The van der Waals surface area contributed by atoms with E-state index >= 15 is 0 Å². The molecule has 3 nitrogen and oxygen atoms in total. The third kappa shape index (κ3) is 3.09. The van der Waals surface area contributed by atoms with E-state index in [4.69, 9.17) is 5.26 Å². The Morgan fingerprint density at radius 1 is 1.53 bits per heavy atom. The zero-order valence-corrected chi connectivity index (χ0v) is 8.98. The van der Waals surface area contributed by atoms with Gasteiger partial charge in [0, 0.05) is 10.0 Å². The van der Waals surface area contributed by atoms with Crippen LogP contribution in [-0.2, 0) is 0 Å². The van der Waals surface area contributed by atoms with Gasteiger partial charge in [-0.15, -0.1) is 13.2 Å². The Balaban J connectivity index is 3.18. The molecule has 0 aliphatic rings. The Kier molecular flexibility index (Phi) is 3.19. The van der Waals surface area contributed by atoms with Crippen molar-refractivity contribution in [3.05, 3.63) is 21.8 Å². The highest BCUT2D eigenvalue weighted by atomic mass is 79.9. The van der Waals surface area contributed by atoms with Crippen LogP contribution >= 0.6 is 15.9 Å². The summed E-state index contributed by atoms with van der Waals surface area (Å²) in [5.41, 5.74) is 0.0399. The molecule has 0 amide bonds. The Labute approximate surface area is 91.6 Å². The molecule has 80 valence electrons. The summed E-state index contributed by atoms with van der Waals surface area (Å²) in [7, 11) is 0. The zero-order chi connectivity index (χ0) is 11.6. The first-order valence-corrected chi connectivity index (χ1v) is 4.46. The molecule has 0 atom stereocenters. The molecular weight excluding hydrogens is 277 g/mol. The Hall–Kier alpha value is -1.29. The standard InChI is InChI=1S/C8H4BrF3N2O/c1-4-6(9)2-5(3-13)14-7(4)15-8(10,11)12/h2H,1H3. The van der Waals surface area contributed by atoms with Crippen molar-refractivity contribution in [1.29, 1.82) is 5.26 Å². The summed E-state index contributed by atoms with van der Waals surface area (Å²) in [5, 5.41) is 8.51. The molecule has 0 saturated carbocycles. The number of pyridine rings is 1. The molecule has 0 radical (unpaired) electrons. The smallest absolute Gasteiger partial charge is 0.388 e. The van der Waals surface area contributed by atoms with Gasteiger partial charge in [0.15, 0.2) is 0 Å². The number of aromatic nitrogens is 1. The molecule has 1 aromatic rings. The number of nitriles is 1. The van der Waals surface area contributed by atoms with Crippen LogP contribution in [0.25, 0.3) is 0 Å². The van der Waals surface area contributed by atoms with Crippen molar-refractivity contribution in [2.24, 2.45) is 0 Å². The number of rotatable bonds is 1. The van der Waals surface area contributed by atoms with E-state index in [2.05, 4.69) is 25.7 Å². The van der Waals surface area contributed by atoms with Crippen LogP contribution in [0.15, 0.2) is 10.5 Å². The first-order chi connectivity index (χ1) is 6.83. The van der Waals surface area contributed by atoms with Gasteiger partial charge in [-0.05, 0) is 13.0 Å². The average molecular weight is 281 g/mol.